The number of nitrogens with zero attached hydrogens (tertiary/aromatic N) is 1. The molecule has 4 N–H and O–H groups in total. The largest absolute Gasteiger partial charge is 0.393 e. The summed E-state index contributed by atoms with van der Waals surface area (Å²) in [7, 11) is 0. The first-order valence-electron chi connectivity index (χ1n) is 4.55. The van der Waals surface area contributed by atoms with E-state index in [2.05, 4.69) is 9.97 Å². The molecular weight excluding hydrogens is 237 g/mol. The number of halogens is 1. The van der Waals surface area contributed by atoms with Crippen molar-refractivity contribution in [2.24, 2.45) is 0 Å². The van der Waals surface area contributed by atoms with E-state index in [1.807, 2.05) is 0 Å². The lowest BCUT2D eigenvalue weighted by Gasteiger charge is -2.11. The third-order valence-corrected chi connectivity index (χ3v) is 3.27. The third-order valence-electron chi connectivity index (χ3n) is 2.15. The molecule has 1 aromatic rings. The molecule has 88 valence electrons. The van der Waals surface area contributed by atoms with Crippen LogP contribution < -0.4 is 11.4 Å². The quantitative estimate of drug-likeness (QED) is 0.658. The summed E-state index contributed by atoms with van der Waals surface area (Å²) in [5, 5.41) is 8.86. The number of thioether (sulfide) groups is 1. The SMILES string of the molecule is Nc1nc(=O)[nH]c(C2CSC(CO)O2)c1F. The van der Waals surface area contributed by atoms with E-state index in [0.717, 1.165) is 0 Å². The molecule has 0 aliphatic carbocycles. The standard InChI is InChI=1S/C8H10FN3O3S/c9-5-6(11-8(14)12-7(5)10)3-2-16-4(1-13)15-3/h3-4,13H,1-2H2,(H3,10,11,12,14). The molecule has 2 rings (SSSR count). The predicted molar refractivity (Wildman–Crippen MR) is 56.4 cm³/mol. The van der Waals surface area contributed by atoms with E-state index < -0.39 is 28.9 Å². The van der Waals surface area contributed by atoms with E-state index in [9.17, 15) is 9.18 Å². The number of hydrogen-bond donors (Lipinski definition) is 3. The highest BCUT2D eigenvalue weighted by atomic mass is 32.2. The van der Waals surface area contributed by atoms with Crippen LogP contribution in [0, 0.1) is 5.82 Å². The summed E-state index contributed by atoms with van der Waals surface area (Å²) in [5.41, 5.74) is 4.11. The molecule has 8 heteroatoms. The normalized spacial score (nSPS) is 24.9. The van der Waals surface area contributed by atoms with Crippen molar-refractivity contribution in [2.45, 2.75) is 11.5 Å². The summed E-state index contributed by atoms with van der Waals surface area (Å²) in [6.07, 6.45) is -0.611. The minimum absolute atomic E-state index is 0.0130. The minimum Gasteiger partial charge on any atom is -0.393 e. The molecule has 2 unspecified atom stereocenters. The van der Waals surface area contributed by atoms with Crippen molar-refractivity contribution in [3.8, 4) is 0 Å². The fourth-order valence-electron chi connectivity index (χ4n) is 1.42. The van der Waals surface area contributed by atoms with E-state index in [-0.39, 0.29) is 12.3 Å². The first-order chi connectivity index (χ1) is 7.61. The van der Waals surface area contributed by atoms with Gasteiger partial charge in [0.15, 0.2) is 11.6 Å². The maximum atomic E-state index is 13.6. The molecule has 1 fully saturated rings. The smallest absolute Gasteiger partial charge is 0.347 e. The average molecular weight is 247 g/mol. The fourth-order valence-corrected chi connectivity index (χ4v) is 2.37. The summed E-state index contributed by atoms with van der Waals surface area (Å²) >= 11 is 1.34. The van der Waals surface area contributed by atoms with Gasteiger partial charge in [-0.05, 0) is 0 Å². The van der Waals surface area contributed by atoms with Crippen LogP contribution in [0.5, 0.6) is 0 Å². The number of nitrogens with two attached hydrogens (primary N) is 1. The molecule has 0 bridgehead atoms. The van der Waals surface area contributed by atoms with Crippen LogP contribution in [0.4, 0.5) is 10.2 Å². The van der Waals surface area contributed by atoms with Crippen LogP contribution in [0.3, 0.4) is 0 Å². The lowest BCUT2D eigenvalue weighted by atomic mass is 10.2. The van der Waals surface area contributed by atoms with Crippen LogP contribution in [0.2, 0.25) is 0 Å². The number of H-pyrrole nitrogens is 1. The number of nitrogen functional groups attached to an aromatic ring is 1. The molecule has 16 heavy (non-hydrogen) atoms. The van der Waals surface area contributed by atoms with Gasteiger partial charge in [-0.25, -0.2) is 9.18 Å². The number of aromatic amines is 1. The number of ether oxygens (including phenoxy) is 1. The van der Waals surface area contributed by atoms with Crippen LogP contribution in [-0.2, 0) is 4.74 Å². The first-order valence-corrected chi connectivity index (χ1v) is 5.59. The van der Waals surface area contributed by atoms with Crippen LogP contribution in [0.25, 0.3) is 0 Å². The molecule has 2 heterocycles. The number of aliphatic hydroxyl groups excluding tert-OH is 1. The molecule has 0 spiro atoms. The van der Waals surface area contributed by atoms with Crippen LogP contribution >= 0.6 is 11.8 Å². The second-order valence-electron chi connectivity index (χ2n) is 3.23. The maximum Gasteiger partial charge on any atom is 0.347 e. The Bertz CT molecular complexity index is 453. The average Bonchev–Trinajstić information content (AvgIpc) is 2.71. The summed E-state index contributed by atoms with van der Waals surface area (Å²) in [6, 6.07) is 0. The van der Waals surface area contributed by atoms with Gasteiger partial charge in [-0.2, -0.15) is 4.98 Å². The molecule has 6 nitrogen and oxygen atoms in total. The van der Waals surface area contributed by atoms with E-state index in [4.69, 9.17) is 15.6 Å². The summed E-state index contributed by atoms with van der Waals surface area (Å²) in [6.45, 7) is -0.159. The topological polar surface area (TPSA) is 101 Å². The van der Waals surface area contributed by atoms with Gasteiger partial charge in [-0.1, -0.05) is 0 Å². The Balaban J connectivity index is 2.31. The maximum absolute atomic E-state index is 13.6. The molecule has 1 aromatic heterocycles. The molecule has 1 aliphatic rings. The zero-order chi connectivity index (χ0) is 11.7. The van der Waals surface area contributed by atoms with Gasteiger partial charge in [-0.3, -0.25) is 0 Å². The van der Waals surface area contributed by atoms with E-state index in [0.29, 0.717) is 5.75 Å². The Labute approximate surface area is 94.0 Å². The van der Waals surface area contributed by atoms with Gasteiger partial charge in [0.05, 0.1) is 12.3 Å². The zero-order valence-electron chi connectivity index (χ0n) is 8.14. The van der Waals surface area contributed by atoms with Crippen LogP contribution in [-0.4, -0.2) is 32.9 Å². The fraction of sp³-hybridized carbons (Fsp3) is 0.500. The number of aliphatic hydroxyl groups is 1. The van der Waals surface area contributed by atoms with E-state index >= 15 is 0 Å². The lowest BCUT2D eigenvalue weighted by Crippen LogP contribution is -2.21. The molecule has 1 aliphatic heterocycles. The lowest BCUT2D eigenvalue weighted by molar-refractivity contribution is 0.0303. The summed E-state index contributed by atoms with van der Waals surface area (Å²) in [4.78, 5) is 16.5. The molecule has 0 saturated carbocycles. The Morgan fingerprint density at radius 3 is 3.12 bits per heavy atom. The second-order valence-corrected chi connectivity index (χ2v) is 4.42. The number of anilines is 1. The van der Waals surface area contributed by atoms with Gasteiger partial charge in [0.2, 0.25) is 0 Å². The van der Waals surface area contributed by atoms with Crippen molar-refractivity contribution >= 4 is 17.6 Å². The molecule has 2 atom stereocenters. The van der Waals surface area contributed by atoms with Gasteiger partial charge in [0, 0.05) is 5.75 Å². The van der Waals surface area contributed by atoms with Crippen molar-refractivity contribution < 1.29 is 14.2 Å². The Hall–Kier alpha value is -1.12. The Morgan fingerprint density at radius 1 is 1.75 bits per heavy atom. The minimum atomic E-state index is -0.774. The van der Waals surface area contributed by atoms with E-state index in [1.165, 1.54) is 11.8 Å². The van der Waals surface area contributed by atoms with Crippen LogP contribution in [0.1, 0.15) is 11.8 Å². The van der Waals surface area contributed by atoms with Crippen molar-refractivity contribution in [1.29, 1.82) is 0 Å². The summed E-state index contributed by atoms with van der Waals surface area (Å²) in [5.74, 6) is -0.773. The van der Waals surface area contributed by atoms with E-state index in [1.54, 1.807) is 0 Å². The highest BCUT2D eigenvalue weighted by Crippen LogP contribution is 2.35. The van der Waals surface area contributed by atoms with Crippen molar-refractivity contribution in [1.82, 2.24) is 9.97 Å². The van der Waals surface area contributed by atoms with Gasteiger partial charge < -0.3 is 20.6 Å². The van der Waals surface area contributed by atoms with Gasteiger partial charge in [0.1, 0.15) is 11.5 Å². The first kappa shape index (κ1) is 11.4. The van der Waals surface area contributed by atoms with Crippen molar-refractivity contribution in [3.63, 3.8) is 0 Å². The second kappa shape index (κ2) is 4.40. The highest BCUT2D eigenvalue weighted by molar-refractivity contribution is 8.00. The molecular formula is C8H10FN3O3S. The molecule has 0 amide bonds. The third kappa shape index (κ3) is 2.04. The molecule has 1 saturated heterocycles. The Kier molecular flexibility index (Phi) is 3.13. The summed E-state index contributed by atoms with van der Waals surface area (Å²) < 4.78 is 18.9. The van der Waals surface area contributed by atoms with Crippen LogP contribution in [0.15, 0.2) is 4.79 Å². The zero-order valence-corrected chi connectivity index (χ0v) is 8.96. The molecule has 0 radical (unpaired) electrons. The number of hydrogen-bond acceptors (Lipinski definition) is 6. The van der Waals surface area contributed by atoms with Crippen molar-refractivity contribution in [3.05, 3.63) is 22.0 Å². The van der Waals surface area contributed by atoms with Gasteiger partial charge >= 0.3 is 5.69 Å². The predicted octanol–water partition coefficient (Wildman–Crippen LogP) is -0.386. The molecule has 0 aromatic carbocycles. The number of nitrogens with one attached hydrogen (secondary N) is 1. The highest BCUT2D eigenvalue weighted by Gasteiger charge is 2.30. The Morgan fingerprint density at radius 2 is 2.50 bits per heavy atom. The number of rotatable bonds is 2. The monoisotopic (exact) mass is 247 g/mol. The van der Waals surface area contributed by atoms with Gasteiger partial charge in [0.25, 0.3) is 0 Å². The number of aromatic nitrogens is 2. The van der Waals surface area contributed by atoms with Crippen molar-refractivity contribution in [2.75, 3.05) is 18.1 Å². The van der Waals surface area contributed by atoms with Gasteiger partial charge in [-0.15, -0.1) is 11.8 Å².